The molecule has 2 saturated heterocycles. The van der Waals surface area contributed by atoms with Gasteiger partial charge in [0.2, 0.25) is 10.0 Å². The normalized spacial score (nSPS) is 27.6. The lowest BCUT2D eigenvalue weighted by Crippen LogP contribution is -2.57. The summed E-state index contributed by atoms with van der Waals surface area (Å²) in [7, 11) is 0.0548. The predicted molar refractivity (Wildman–Crippen MR) is 115 cm³/mol. The molecule has 0 N–H and O–H groups in total. The average Bonchev–Trinajstić information content (AvgIpc) is 2.74. The third-order valence-corrected chi connectivity index (χ3v) is 9.05. The Hall–Kier alpha value is -1.02. The summed E-state index contributed by atoms with van der Waals surface area (Å²) in [5.41, 5.74) is 2.55. The molecule has 0 radical (unpaired) electrons. The summed E-state index contributed by atoms with van der Waals surface area (Å²) < 4.78 is 38.9. The van der Waals surface area contributed by atoms with E-state index >= 15 is 0 Å². The first-order valence-corrected chi connectivity index (χ1v) is 12.7. The number of fused-ring (bicyclic) bond motifs is 4. The van der Waals surface area contributed by atoms with Crippen LogP contribution in [0.5, 0.6) is 11.5 Å². The minimum atomic E-state index is -3.27. The van der Waals surface area contributed by atoms with E-state index in [-0.39, 0.29) is 17.8 Å². The Morgan fingerprint density at radius 1 is 1.17 bits per heavy atom. The third-order valence-electron chi connectivity index (χ3n) is 6.81. The van der Waals surface area contributed by atoms with Gasteiger partial charge in [-0.3, -0.25) is 4.90 Å². The summed E-state index contributed by atoms with van der Waals surface area (Å²) in [6, 6.07) is 4.49. The highest BCUT2D eigenvalue weighted by molar-refractivity contribution is 7.89. The zero-order chi connectivity index (χ0) is 20.6. The van der Waals surface area contributed by atoms with Crippen LogP contribution in [0.1, 0.15) is 42.9 Å². The number of piperidine rings is 2. The fourth-order valence-electron chi connectivity index (χ4n) is 5.43. The van der Waals surface area contributed by atoms with Gasteiger partial charge in [-0.2, -0.15) is 4.31 Å². The summed E-state index contributed by atoms with van der Waals surface area (Å²) in [4.78, 5) is 2.55. The molecule has 29 heavy (non-hydrogen) atoms. The van der Waals surface area contributed by atoms with Crippen LogP contribution in [0.25, 0.3) is 0 Å². The van der Waals surface area contributed by atoms with Crippen molar-refractivity contribution < 1.29 is 17.9 Å². The maximum absolute atomic E-state index is 13.0. The Balaban J connectivity index is 1.64. The molecule has 4 rings (SSSR count). The minimum absolute atomic E-state index is 0.0735. The Kier molecular flexibility index (Phi) is 6.30. The quantitative estimate of drug-likeness (QED) is 0.634. The van der Waals surface area contributed by atoms with E-state index in [9.17, 15) is 8.42 Å². The number of sulfonamides is 1. The minimum Gasteiger partial charge on any atom is -0.493 e. The maximum atomic E-state index is 13.0. The van der Waals surface area contributed by atoms with Crippen molar-refractivity contribution >= 4 is 21.6 Å². The molecule has 0 aromatic heterocycles. The number of nitrogens with zero attached hydrogens (tertiary/aromatic N) is 2. The lowest BCUT2D eigenvalue weighted by Gasteiger charge is -2.51. The zero-order valence-corrected chi connectivity index (χ0v) is 18.8. The van der Waals surface area contributed by atoms with Gasteiger partial charge in [0.25, 0.3) is 0 Å². The number of rotatable bonds is 6. The van der Waals surface area contributed by atoms with E-state index in [2.05, 4.69) is 17.0 Å². The van der Waals surface area contributed by atoms with E-state index in [1.165, 1.54) is 11.1 Å². The standard InChI is InChI=1S/C21H31ClN2O4S/c1-27-20-11-15-6-9-23-14-16-5-3-8-24(29(25,26)10-4-7-22)18(16)13-19(23)17(15)12-21(20)28-2/h11-12,16,18-19H,3-10,13-14H2,1-2H3/t16-,18+,19+/m1/s1. The van der Waals surface area contributed by atoms with E-state index < -0.39 is 10.0 Å². The van der Waals surface area contributed by atoms with Crippen LogP contribution >= 0.6 is 11.6 Å². The van der Waals surface area contributed by atoms with Crippen molar-refractivity contribution in [3.63, 3.8) is 0 Å². The summed E-state index contributed by atoms with van der Waals surface area (Å²) in [6.45, 7) is 2.61. The summed E-state index contributed by atoms with van der Waals surface area (Å²) in [5.74, 6) is 2.44. The second-order valence-corrected chi connectivity index (χ2v) is 10.8. The van der Waals surface area contributed by atoms with Crippen molar-refractivity contribution in [1.82, 2.24) is 9.21 Å². The molecular formula is C21H31ClN2O4S. The average molecular weight is 443 g/mol. The van der Waals surface area contributed by atoms with E-state index in [1.54, 1.807) is 18.5 Å². The van der Waals surface area contributed by atoms with Gasteiger partial charge < -0.3 is 9.47 Å². The van der Waals surface area contributed by atoms with Crippen LogP contribution in [0.4, 0.5) is 0 Å². The summed E-state index contributed by atoms with van der Waals surface area (Å²) in [5, 5.41) is 0. The van der Waals surface area contributed by atoms with Crippen molar-refractivity contribution in [1.29, 1.82) is 0 Å². The first kappa shape index (κ1) is 21.2. The number of hydrogen-bond acceptors (Lipinski definition) is 5. The van der Waals surface area contributed by atoms with Gasteiger partial charge in [0.1, 0.15) is 0 Å². The fourth-order valence-corrected chi connectivity index (χ4v) is 7.54. The summed E-state index contributed by atoms with van der Waals surface area (Å²) >= 11 is 5.77. The second kappa shape index (κ2) is 8.61. The van der Waals surface area contributed by atoms with Gasteiger partial charge in [-0.25, -0.2) is 8.42 Å². The lowest BCUT2D eigenvalue weighted by molar-refractivity contribution is 0.0219. The molecule has 0 saturated carbocycles. The number of benzene rings is 1. The topological polar surface area (TPSA) is 59.1 Å². The largest absolute Gasteiger partial charge is 0.493 e. The van der Waals surface area contributed by atoms with E-state index in [0.29, 0.717) is 24.8 Å². The predicted octanol–water partition coefficient (Wildman–Crippen LogP) is 3.05. The second-order valence-electron chi connectivity index (χ2n) is 8.34. The van der Waals surface area contributed by atoms with Crippen LogP contribution in [0.3, 0.4) is 0 Å². The number of halogens is 1. The molecule has 0 spiro atoms. The van der Waals surface area contributed by atoms with Gasteiger partial charge in [-0.1, -0.05) is 0 Å². The van der Waals surface area contributed by atoms with Gasteiger partial charge in [0.15, 0.2) is 11.5 Å². The molecule has 6 nitrogen and oxygen atoms in total. The highest BCUT2D eigenvalue weighted by atomic mass is 35.5. The van der Waals surface area contributed by atoms with Crippen molar-refractivity contribution in [2.45, 2.75) is 44.2 Å². The molecule has 3 heterocycles. The van der Waals surface area contributed by atoms with Crippen molar-refractivity contribution in [3.8, 4) is 11.5 Å². The molecule has 3 aliphatic heterocycles. The maximum Gasteiger partial charge on any atom is 0.214 e. The van der Waals surface area contributed by atoms with Crippen molar-refractivity contribution in [3.05, 3.63) is 23.3 Å². The highest BCUT2D eigenvalue weighted by Crippen LogP contribution is 2.46. The molecule has 8 heteroatoms. The van der Waals surface area contributed by atoms with Crippen LogP contribution in [0.15, 0.2) is 12.1 Å². The van der Waals surface area contributed by atoms with Gasteiger partial charge in [0.05, 0.1) is 20.0 Å². The van der Waals surface area contributed by atoms with E-state index in [4.69, 9.17) is 21.1 Å². The molecule has 1 aromatic carbocycles. The van der Waals surface area contributed by atoms with Crippen LogP contribution in [-0.4, -0.2) is 69.2 Å². The van der Waals surface area contributed by atoms with Crippen LogP contribution in [0, 0.1) is 5.92 Å². The fraction of sp³-hybridized carbons (Fsp3) is 0.714. The van der Waals surface area contributed by atoms with Crippen molar-refractivity contribution in [2.24, 2.45) is 5.92 Å². The molecule has 0 aliphatic carbocycles. The van der Waals surface area contributed by atoms with Gasteiger partial charge in [-0.15, -0.1) is 11.6 Å². The number of ether oxygens (including phenoxy) is 2. The molecule has 162 valence electrons. The van der Waals surface area contributed by atoms with Gasteiger partial charge in [0, 0.05) is 37.6 Å². The lowest BCUT2D eigenvalue weighted by atomic mass is 9.77. The molecule has 0 unspecified atom stereocenters. The Morgan fingerprint density at radius 2 is 1.93 bits per heavy atom. The van der Waals surface area contributed by atoms with Gasteiger partial charge >= 0.3 is 0 Å². The molecule has 3 atom stereocenters. The first-order valence-electron chi connectivity index (χ1n) is 10.5. The molecule has 1 aromatic rings. The highest BCUT2D eigenvalue weighted by Gasteiger charge is 2.45. The molecule has 2 fully saturated rings. The van der Waals surface area contributed by atoms with Crippen LogP contribution in [0.2, 0.25) is 0 Å². The van der Waals surface area contributed by atoms with E-state index in [1.807, 2.05) is 0 Å². The Bertz CT molecular complexity index is 847. The number of methoxy groups -OCH3 is 2. The Morgan fingerprint density at radius 3 is 2.66 bits per heavy atom. The van der Waals surface area contributed by atoms with Gasteiger partial charge in [-0.05, 0) is 61.3 Å². The molecular weight excluding hydrogens is 412 g/mol. The first-order chi connectivity index (χ1) is 14.0. The zero-order valence-electron chi connectivity index (χ0n) is 17.3. The SMILES string of the molecule is COc1cc2c(cc1OC)[C@@H]1C[C@H]3[C@H](CCCN3S(=O)(=O)CCCCl)CN1CC2. The molecule has 3 aliphatic rings. The van der Waals surface area contributed by atoms with Crippen LogP contribution < -0.4 is 9.47 Å². The monoisotopic (exact) mass is 442 g/mol. The Labute approximate surface area is 179 Å². The smallest absolute Gasteiger partial charge is 0.214 e. The summed E-state index contributed by atoms with van der Waals surface area (Å²) in [6.07, 6.45) is 4.39. The molecule has 0 amide bonds. The van der Waals surface area contributed by atoms with E-state index in [0.717, 1.165) is 50.3 Å². The van der Waals surface area contributed by atoms with Crippen LogP contribution in [-0.2, 0) is 16.4 Å². The van der Waals surface area contributed by atoms with Crippen molar-refractivity contribution in [2.75, 3.05) is 45.5 Å². The molecule has 0 bridgehead atoms. The number of hydrogen-bond donors (Lipinski definition) is 0. The third kappa shape index (κ3) is 3.99. The number of alkyl halides is 1.